The molecule has 8 heteroatoms. The van der Waals surface area contributed by atoms with Crippen molar-refractivity contribution < 1.29 is 27.9 Å². The largest absolute Gasteiger partial charge is 0.441 e. The van der Waals surface area contributed by atoms with E-state index < -0.39 is 11.4 Å². The van der Waals surface area contributed by atoms with Gasteiger partial charge < -0.3 is 4.74 Å². The maximum absolute atomic E-state index is 14.9. The quantitative estimate of drug-likeness (QED) is 0.297. The van der Waals surface area contributed by atoms with Gasteiger partial charge in [0.15, 0.2) is 0 Å². The van der Waals surface area contributed by atoms with Crippen LogP contribution in [0.5, 0.6) is 0 Å². The van der Waals surface area contributed by atoms with E-state index >= 15 is 0 Å². The number of amides is 1. The molecule has 2 aliphatic rings. The van der Waals surface area contributed by atoms with E-state index in [1.54, 1.807) is 4.90 Å². The zero-order valence-electron chi connectivity index (χ0n) is 23.6. The fourth-order valence-electron chi connectivity index (χ4n) is 5.97. The molecule has 0 unspecified atom stereocenters. The van der Waals surface area contributed by atoms with Crippen LogP contribution in [-0.4, -0.2) is 42.4 Å². The van der Waals surface area contributed by atoms with E-state index in [1.807, 2.05) is 30.3 Å². The predicted molar refractivity (Wildman–Crippen MR) is 152 cm³/mol. The lowest BCUT2D eigenvalue weighted by molar-refractivity contribution is -0.191. The molecule has 0 aliphatic carbocycles. The summed E-state index contributed by atoms with van der Waals surface area (Å²) >= 11 is 0. The maximum Gasteiger partial charge on any atom is 0.415 e. The second kappa shape index (κ2) is 13.7. The van der Waals surface area contributed by atoms with Gasteiger partial charge in [0.25, 0.3) is 0 Å². The molecule has 2 fully saturated rings. The Bertz CT molecular complexity index is 1350. The summed E-state index contributed by atoms with van der Waals surface area (Å²) in [6.45, 7) is 7.27. The zero-order valence-corrected chi connectivity index (χ0v) is 23.6. The van der Waals surface area contributed by atoms with Crippen LogP contribution in [0.25, 0.3) is 11.1 Å². The van der Waals surface area contributed by atoms with Crippen LogP contribution < -0.4 is 4.90 Å². The van der Waals surface area contributed by atoms with Gasteiger partial charge in [0.2, 0.25) is 0 Å². The minimum atomic E-state index is -0.442. The lowest BCUT2D eigenvalue weighted by atomic mass is 9.87. The summed E-state index contributed by atoms with van der Waals surface area (Å²) in [7, 11) is 0. The summed E-state index contributed by atoms with van der Waals surface area (Å²) in [6, 6.07) is 17.8. The van der Waals surface area contributed by atoms with Gasteiger partial charge in [-0.1, -0.05) is 57.0 Å². The number of hydrogen-bond acceptors (Lipinski definition) is 5. The fraction of sp³-hybridized carbons (Fsp3) is 0.394. The number of halogens is 2. The minimum Gasteiger partial charge on any atom is -0.441 e. The van der Waals surface area contributed by atoms with Crippen LogP contribution in [0, 0.1) is 11.6 Å². The molecule has 6 nitrogen and oxygen atoms in total. The van der Waals surface area contributed by atoms with Gasteiger partial charge in [0, 0.05) is 43.7 Å². The average Bonchev–Trinajstić information content (AvgIpc) is 3.28. The van der Waals surface area contributed by atoms with E-state index in [9.17, 15) is 13.6 Å². The number of aryl methyl sites for hydroxylation is 2. The van der Waals surface area contributed by atoms with Gasteiger partial charge >= 0.3 is 12.2 Å². The lowest BCUT2D eigenvalue weighted by Crippen LogP contribution is -2.46. The molecule has 3 aromatic rings. The third-order valence-corrected chi connectivity index (χ3v) is 7.81. The van der Waals surface area contributed by atoms with Crippen molar-refractivity contribution in [1.29, 1.82) is 0 Å². The number of piperidine rings is 1. The van der Waals surface area contributed by atoms with Gasteiger partial charge in [0.1, 0.15) is 17.2 Å². The maximum atomic E-state index is 14.9. The summed E-state index contributed by atoms with van der Waals surface area (Å²) in [5.74, 6) is -0.804. The molecule has 2 aliphatic heterocycles. The van der Waals surface area contributed by atoms with E-state index in [1.165, 1.54) is 23.8 Å². The number of hydrogen-bond donors (Lipinski definition) is 0. The van der Waals surface area contributed by atoms with E-state index in [0.29, 0.717) is 12.1 Å². The van der Waals surface area contributed by atoms with Gasteiger partial charge in [-0.05, 0) is 65.4 Å². The number of ether oxygens (including phenoxy) is 1. The summed E-state index contributed by atoms with van der Waals surface area (Å²) < 4.78 is 34.9. The van der Waals surface area contributed by atoms with Crippen LogP contribution in [0.15, 0.2) is 60.7 Å². The minimum absolute atomic E-state index is 0.250. The topological polar surface area (TPSA) is 66.9 Å². The zero-order chi connectivity index (χ0) is 29.4. The Morgan fingerprint density at radius 1 is 0.902 bits per heavy atom. The van der Waals surface area contributed by atoms with Gasteiger partial charge in [-0.2, -0.15) is 9.59 Å². The second-order valence-electron chi connectivity index (χ2n) is 10.7. The fourth-order valence-corrected chi connectivity index (χ4v) is 5.97. The molecule has 0 N–H and O–H groups in total. The number of benzene rings is 3. The van der Waals surface area contributed by atoms with Crippen LogP contribution in [0.4, 0.5) is 19.3 Å². The summed E-state index contributed by atoms with van der Waals surface area (Å²) in [5, 5.41) is 0. The van der Waals surface area contributed by atoms with Crippen LogP contribution in [0.2, 0.25) is 0 Å². The first kappa shape index (κ1) is 30.1. The number of carbonyl (C=O) groups excluding carboxylic acids is 3. The van der Waals surface area contributed by atoms with E-state index in [-0.39, 0.29) is 18.1 Å². The SMILES string of the molecule is CCCc1cc(CN2CCC3(CC2)CN(c2ccccc2)C(=O)O3)cc(CCC)c1-c1cc(F)ccc1F.O=C=O. The first-order valence-electron chi connectivity index (χ1n) is 14.2. The first-order valence-corrected chi connectivity index (χ1v) is 14.2. The Balaban J connectivity index is 0.00000124. The van der Waals surface area contributed by atoms with Crippen molar-refractivity contribution in [1.82, 2.24) is 4.90 Å². The lowest BCUT2D eigenvalue weighted by Gasteiger charge is -2.37. The molecule has 216 valence electrons. The van der Waals surface area contributed by atoms with E-state index in [2.05, 4.69) is 30.9 Å². The number of likely N-dealkylation sites (tertiary alicyclic amines) is 1. The predicted octanol–water partition coefficient (Wildman–Crippen LogP) is 6.94. The summed E-state index contributed by atoms with van der Waals surface area (Å²) in [6.07, 6.45) is 5.03. The molecule has 41 heavy (non-hydrogen) atoms. The standard InChI is InChI=1S/C32H36F2N2O2.CO2/c1-3-8-24-18-23(19-25(9-4-2)30(24)28-20-26(33)12-13-29(28)34)21-35-16-14-32(15-17-35)22-36(31(37)38-32)27-10-6-5-7-11-27;2-1-3/h5-7,10-13,18-20H,3-4,8-9,14-17,21-22H2,1-2H3;. The molecule has 3 aromatic carbocycles. The van der Waals surface area contributed by atoms with Gasteiger partial charge in [-0.15, -0.1) is 0 Å². The first-order chi connectivity index (χ1) is 19.8. The molecule has 0 bridgehead atoms. The Morgan fingerprint density at radius 3 is 2.10 bits per heavy atom. The molecule has 5 rings (SSSR count). The van der Waals surface area contributed by atoms with Crippen LogP contribution in [0.3, 0.4) is 0 Å². The van der Waals surface area contributed by atoms with E-state index in [4.69, 9.17) is 14.3 Å². The number of rotatable bonds is 8. The van der Waals surface area contributed by atoms with Crippen molar-refractivity contribution in [3.05, 3.63) is 89.0 Å². The number of para-hydroxylation sites is 1. The van der Waals surface area contributed by atoms with Crippen molar-refractivity contribution in [3.63, 3.8) is 0 Å². The Hall–Kier alpha value is -3.87. The van der Waals surface area contributed by atoms with Crippen molar-refractivity contribution in [2.75, 3.05) is 24.5 Å². The van der Waals surface area contributed by atoms with Crippen LogP contribution in [0.1, 0.15) is 56.2 Å². The third kappa shape index (κ3) is 7.07. The van der Waals surface area contributed by atoms with Gasteiger partial charge in [0.05, 0.1) is 6.54 Å². The van der Waals surface area contributed by atoms with Crippen molar-refractivity contribution in [2.45, 2.75) is 64.5 Å². The highest BCUT2D eigenvalue weighted by Gasteiger charge is 2.47. The molecule has 2 heterocycles. The second-order valence-corrected chi connectivity index (χ2v) is 10.7. The van der Waals surface area contributed by atoms with Crippen molar-refractivity contribution in [3.8, 4) is 11.1 Å². The van der Waals surface area contributed by atoms with Gasteiger partial charge in [-0.25, -0.2) is 13.6 Å². The van der Waals surface area contributed by atoms with Crippen LogP contribution >= 0.6 is 0 Å². The highest BCUT2D eigenvalue weighted by Crippen LogP contribution is 2.37. The molecule has 0 radical (unpaired) electrons. The molecule has 0 saturated carbocycles. The van der Waals surface area contributed by atoms with Crippen LogP contribution in [-0.2, 0) is 33.7 Å². The Kier molecular flexibility index (Phi) is 10.0. The summed E-state index contributed by atoms with van der Waals surface area (Å²) in [5.41, 5.74) is 4.99. The monoisotopic (exact) mass is 562 g/mol. The smallest absolute Gasteiger partial charge is 0.415 e. The van der Waals surface area contributed by atoms with Crippen molar-refractivity contribution >= 4 is 17.9 Å². The number of nitrogens with zero attached hydrogens (tertiary/aromatic N) is 2. The highest BCUT2D eigenvalue weighted by atomic mass is 19.1. The number of carbonyl (C=O) groups is 1. The molecule has 1 spiro atoms. The molecule has 0 aromatic heterocycles. The highest BCUT2D eigenvalue weighted by molar-refractivity contribution is 5.90. The molecular formula is C33H36F2N2O4. The molecule has 2 saturated heterocycles. The van der Waals surface area contributed by atoms with Gasteiger partial charge in [-0.3, -0.25) is 9.80 Å². The molecule has 1 amide bonds. The average molecular weight is 563 g/mol. The van der Waals surface area contributed by atoms with E-state index in [0.717, 1.165) is 80.5 Å². The molecular weight excluding hydrogens is 526 g/mol. The Morgan fingerprint density at radius 2 is 1.51 bits per heavy atom. The summed E-state index contributed by atoms with van der Waals surface area (Å²) in [4.78, 5) is 33.1. The number of anilines is 1. The Labute approximate surface area is 239 Å². The van der Waals surface area contributed by atoms with Crippen molar-refractivity contribution in [2.24, 2.45) is 0 Å². The normalized spacial score (nSPS) is 16.2. The third-order valence-electron chi connectivity index (χ3n) is 7.81. The molecule has 0 atom stereocenters.